The minimum absolute atomic E-state index is 0.315. The summed E-state index contributed by atoms with van der Waals surface area (Å²) in [6.07, 6.45) is -0.172. The van der Waals surface area contributed by atoms with Crippen molar-refractivity contribution in [3.8, 4) is 0 Å². The largest absolute Gasteiger partial charge is 0.392 e. The van der Waals surface area contributed by atoms with Crippen molar-refractivity contribution in [3.63, 3.8) is 0 Å². The Morgan fingerprint density at radius 1 is 1.80 bits per heavy atom. The van der Waals surface area contributed by atoms with Gasteiger partial charge in [-0.25, -0.2) is 4.42 Å². The Labute approximate surface area is 63.7 Å². The highest BCUT2D eigenvalue weighted by Gasteiger charge is 2.33. The van der Waals surface area contributed by atoms with Crippen LogP contribution >= 0.6 is 11.8 Å². The van der Waals surface area contributed by atoms with Gasteiger partial charge >= 0.3 is 0 Å². The van der Waals surface area contributed by atoms with Gasteiger partial charge in [-0.15, -0.1) is 0 Å². The van der Waals surface area contributed by atoms with E-state index in [0.29, 0.717) is 13.0 Å². The van der Waals surface area contributed by atoms with E-state index in [4.69, 9.17) is 22.6 Å². The maximum absolute atomic E-state index is 10.5. The van der Waals surface area contributed by atoms with Gasteiger partial charge in [0.2, 0.25) is 5.91 Å². The Morgan fingerprint density at radius 3 is 2.60 bits per heavy atom. The summed E-state index contributed by atoms with van der Waals surface area (Å²) in [5.74, 6) is -0.480. The molecule has 0 unspecified atom stereocenters. The van der Waals surface area contributed by atoms with Crippen molar-refractivity contribution >= 4 is 17.7 Å². The minimum Gasteiger partial charge on any atom is -0.392 e. The van der Waals surface area contributed by atoms with Crippen LogP contribution in [0.2, 0.25) is 0 Å². The first-order valence-electron chi connectivity index (χ1n) is 3.01. The van der Waals surface area contributed by atoms with Gasteiger partial charge in [0.1, 0.15) is 6.04 Å². The Morgan fingerprint density at radius 2 is 2.40 bits per heavy atom. The van der Waals surface area contributed by atoms with Crippen LogP contribution in [-0.4, -0.2) is 34.1 Å². The monoisotopic (exact) mass is 164 g/mol. The summed E-state index contributed by atoms with van der Waals surface area (Å²) in [6, 6.07) is -0.503. The quantitative estimate of drug-likeness (QED) is 0.492. The van der Waals surface area contributed by atoms with Gasteiger partial charge in [0.15, 0.2) is 0 Å². The summed E-state index contributed by atoms with van der Waals surface area (Å²) in [6.45, 7) is 0.315. The number of rotatable bonds is 1. The van der Waals surface area contributed by atoms with E-state index in [1.807, 2.05) is 0 Å². The number of aliphatic hydroxyl groups excluding tert-OH is 1. The zero-order valence-corrected chi connectivity index (χ0v) is 6.08. The van der Waals surface area contributed by atoms with E-state index in [0.717, 1.165) is 0 Å². The number of aliphatic hydroxyl groups is 1. The molecule has 0 bridgehead atoms. The molecule has 0 aromatic heterocycles. The molecule has 3 N–H and O–H groups in total. The molecule has 1 rings (SSSR count). The summed E-state index contributed by atoms with van der Waals surface area (Å²) < 4.78 is 1.24. The molecule has 0 radical (unpaired) electrons. The second-order valence-electron chi connectivity index (χ2n) is 2.39. The van der Waals surface area contributed by atoms with Gasteiger partial charge in [0.25, 0.3) is 0 Å². The Bertz CT molecular complexity index is 153. The van der Waals surface area contributed by atoms with E-state index in [-0.39, 0.29) is 0 Å². The van der Waals surface area contributed by atoms with Crippen LogP contribution in [0.5, 0.6) is 0 Å². The van der Waals surface area contributed by atoms with Crippen LogP contribution in [0.3, 0.4) is 0 Å². The molecule has 1 heterocycles. The van der Waals surface area contributed by atoms with E-state index < -0.39 is 18.1 Å². The van der Waals surface area contributed by atoms with Crippen molar-refractivity contribution in [2.75, 3.05) is 6.54 Å². The zero-order chi connectivity index (χ0) is 7.72. The summed E-state index contributed by atoms with van der Waals surface area (Å²) in [7, 11) is 0. The number of hydrogen-bond acceptors (Lipinski definition) is 3. The molecule has 4 nitrogen and oxygen atoms in total. The number of amides is 1. The Balaban J connectivity index is 2.54. The molecule has 0 aliphatic carbocycles. The third kappa shape index (κ3) is 1.39. The number of primary amides is 1. The zero-order valence-electron chi connectivity index (χ0n) is 5.33. The average Bonchev–Trinajstić information content (AvgIpc) is 2.10. The van der Waals surface area contributed by atoms with Crippen LogP contribution in [0.4, 0.5) is 0 Å². The Kier molecular flexibility index (Phi) is 2.13. The van der Waals surface area contributed by atoms with Crippen molar-refractivity contribution < 1.29 is 9.90 Å². The molecular weight excluding hydrogens is 156 g/mol. The number of halogens is 1. The van der Waals surface area contributed by atoms with E-state index in [1.54, 1.807) is 0 Å². The van der Waals surface area contributed by atoms with Gasteiger partial charge in [-0.05, 0) is 11.8 Å². The van der Waals surface area contributed by atoms with Gasteiger partial charge in [-0.1, -0.05) is 0 Å². The Hall–Kier alpha value is -0.320. The standard InChI is InChI=1S/C5H9ClN2O2/c6-8-2-3(9)1-4(8)5(7)10/h3-4,9H,1-2H2,(H2,7,10)/t3-,4+/m1/s1. The molecule has 1 amide bonds. The lowest BCUT2D eigenvalue weighted by atomic mass is 10.2. The third-order valence-corrected chi connectivity index (χ3v) is 1.92. The maximum Gasteiger partial charge on any atom is 0.236 e. The fraction of sp³-hybridized carbons (Fsp3) is 0.800. The molecule has 5 heteroatoms. The SMILES string of the molecule is NC(=O)[C@@H]1C[C@@H](O)CN1Cl. The van der Waals surface area contributed by atoms with E-state index in [2.05, 4.69) is 0 Å². The average molecular weight is 165 g/mol. The third-order valence-electron chi connectivity index (χ3n) is 1.55. The lowest BCUT2D eigenvalue weighted by molar-refractivity contribution is -0.121. The van der Waals surface area contributed by atoms with Gasteiger partial charge < -0.3 is 10.8 Å². The molecule has 58 valence electrons. The summed E-state index contributed by atoms with van der Waals surface area (Å²) in [4.78, 5) is 10.5. The molecule has 1 aliphatic heterocycles. The molecule has 1 saturated heterocycles. The van der Waals surface area contributed by atoms with E-state index in [9.17, 15) is 4.79 Å². The number of β-amino-alcohol motifs (C(OH)–C–C–N with tert-alkyl or cyclic N) is 1. The maximum atomic E-state index is 10.5. The highest BCUT2D eigenvalue weighted by atomic mass is 35.5. The predicted molar refractivity (Wildman–Crippen MR) is 36.2 cm³/mol. The van der Waals surface area contributed by atoms with Crippen molar-refractivity contribution in [1.82, 2.24) is 4.42 Å². The van der Waals surface area contributed by atoms with Crippen LogP contribution in [0, 0.1) is 0 Å². The molecule has 0 spiro atoms. The van der Waals surface area contributed by atoms with Crippen LogP contribution < -0.4 is 5.73 Å². The predicted octanol–water partition coefficient (Wildman–Crippen LogP) is -0.939. The van der Waals surface area contributed by atoms with E-state index in [1.165, 1.54) is 4.42 Å². The van der Waals surface area contributed by atoms with Crippen molar-refractivity contribution in [2.24, 2.45) is 5.73 Å². The number of hydrogen-bond donors (Lipinski definition) is 2. The number of nitrogens with zero attached hydrogens (tertiary/aromatic N) is 1. The van der Waals surface area contributed by atoms with Gasteiger partial charge in [-0.3, -0.25) is 4.79 Å². The first-order chi connectivity index (χ1) is 4.61. The van der Waals surface area contributed by atoms with Crippen molar-refractivity contribution in [3.05, 3.63) is 0 Å². The highest BCUT2D eigenvalue weighted by molar-refractivity contribution is 6.15. The molecule has 2 atom stereocenters. The van der Waals surface area contributed by atoms with Crippen LogP contribution in [0.15, 0.2) is 0 Å². The number of carbonyl (C=O) groups is 1. The highest BCUT2D eigenvalue weighted by Crippen LogP contribution is 2.18. The van der Waals surface area contributed by atoms with Gasteiger partial charge in [-0.2, -0.15) is 0 Å². The van der Waals surface area contributed by atoms with Crippen LogP contribution in [0.1, 0.15) is 6.42 Å². The van der Waals surface area contributed by atoms with E-state index >= 15 is 0 Å². The molecule has 10 heavy (non-hydrogen) atoms. The molecular formula is C5H9ClN2O2. The molecule has 1 fully saturated rings. The fourth-order valence-electron chi connectivity index (χ4n) is 1.03. The summed E-state index contributed by atoms with van der Waals surface area (Å²) in [5.41, 5.74) is 4.97. The molecule has 1 aliphatic rings. The van der Waals surface area contributed by atoms with Crippen molar-refractivity contribution in [2.45, 2.75) is 18.6 Å². The molecule has 0 aromatic rings. The van der Waals surface area contributed by atoms with Crippen LogP contribution in [-0.2, 0) is 4.79 Å². The van der Waals surface area contributed by atoms with Gasteiger partial charge in [0, 0.05) is 13.0 Å². The lowest BCUT2D eigenvalue weighted by Crippen LogP contribution is -2.34. The minimum atomic E-state index is -0.519. The number of carbonyl (C=O) groups excluding carboxylic acids is 1. The number of nitrogens with two attached hydrogens (primary N) is 1. The summed E-state index contributed by atoms with van der Waals surface area (Å²) in [5, 5.41) is 8.98. The molecule has 0 aromatic carbocycles. The first-order valence-corrected chi connectivity index (χ1v) is 3.35. The second kappa shape index (κ2) is 2.74. The van der Waals surface area contributed by atoms with Crippen LogP contribution in [0.25, 0.3) is 0 Å². The first kappa shape index (κ1) is 7.78. The van der Waals surface area contributed by atoms with Crippen molar-refractivity contribution in [1.29, 1.82) is 0 Å². The topological polar surface area (TPSA) is 66.6 Å². The lowest BCUT2D eigenvalue weighted by Gasteiger charge is -2.10. The second-order valence-corrected chi connectivity index (χ2v) is 2.82. The summed E-state index contributed by atoms with van der Waals surface area (Å²) >= 11 is 5.54. The molecule has 0 saturated carbocycles. The smallest absolute Gasteiger partial charge is 0.236 e. The van der Waals surface area contributed by atoms with Gasteiger partial charge in [0.05, 0.1) is 6.10 Å². The normalized spacial score (nSPS) is 34.6. The fourth-order valence-corrected chi connectivity index (χ4v) is 1.36.